The van der Waals surface area contributed by atoms with Crippen LogP contribution >= 0.6 is 0 Å². The van der Waals surface area contributed by atoms with Gasteiger partial charge >= 0.3 is 5.97 Å². The van der Waals surface area contributed by atoms with Crippen molar-refractivity contribution in [1.82, 2.24) is 9.80 Å². The molecular weight excluding hydrogens is 232 g/mol. The minimum absolute atomic E-state index is 0.0724. The third-order valence-electron chi connectivity index (χ3n) is 3.66. The van der Waals surface area contributed by atoms with Crippen LogP contribution < -0.4 is 0 Å². The molecule has 0 saturated carbocycles. The maximum absolute atomic E-state index is 12.1. The summed E-state index contributed by atoms with van der Waals surface area (Å²) in [5.41, 5.74) is -1.13. The first-order chi connectivity index (χ1) is 8.39. The van der Waals surface area contributed by atoms with Gasteiger partial charge in [-0.3, -0.25) is 4.79 Å². The molecule has 1 amide bonds. The number of aliphatic carboxylic acids is 1. The smallest absolute Gasteiger partial charge is 0.329 e. The number of nitrogens with zero attached hydrogens (tertiary/aromatic N) is 2. The van der Waals surface area contributed by atoms with Crippen LogP contribution in [-0.2, 0) is 9.59 Å². The second-order valence-corrected chi connectivity index (χ2v) is 5.30. The predicted octanol–water partition coefficient (Wildman–Crippen LogP) is 1.18. The van der Waals surface area contributed by atoms with Gasteiger partial charge in [0, 0.05) is 19.5 Å². The third-order valence-corrected chi connectivity index (χ3v) is 3.66. The molecule has 0 aromatic heterocycles. The first kappa shape index (κ1) is 15.0. The molecule has 0 spiro atoms. The molecule has 18 heavy (non-hydrogen) atoms. The van der Waals surface area contributed by atoms with Crippen LogP contribution in [0.2, 0.25) is 0 Å². The Kier molecular flexibility index (Phi) is 5.14. The van der Waals surface area contributed by atoms with Crippen molar-refractivity contribution < 1.29 is 14.7 Å². The molecule has 0 unspecified atom stereocenters. The fraction of sp³-hybridized carbons (Fsp3) is 0.846. The Morgan fingerprint density at radius 3 is 2.28 bits per heavy atom. The standard InChI is InChI=1S/C13H24N2O3/c1-4-15(13(2,3)12(17)18)11(16)7-10-14-8-5-6-9-14/h4-10H2,1-3H3,(H,17,18). The normalized spacial score (nSPS) is 16.8. The lowest BCUT2D eigenvalue weighted by molar-refractivity contribution is -0.156. The van der Waals surface area contributed by atoms with Crippen LogP contribution in [0.5, 0.6) is 0 Å². The number of carboxylic acid groups (broad SMARTS) is 1. The van der Waals surface area contributed by atoms with E-state index in [1.54, 1.807) is 13.8 Å². The lowest BCUT2D eigenvalue weighted by Crippen LogP contribution is -2.53. The number of carbonyl (C=O) groups excluding carboxylic acids is 1. The van der Waals surface area contributed by atoms with Gasteiger partial charge in [-0.25, -0.2) is 4.79 Å². The number of carbonyl (C=O) groups is 2. The van der Waals surface area contributed by atoms with Gasteiger partial charge in [-0.1, -0.05) is 0 Å². The molecule has 0 atom stereocenters. The molecular formula is C13H24N2O3. The monoisotopic (exact) mass is 256 g/mol. The van der Waals surface area contributed by atoms with Crippen LogP contribution in [0.4, 0.5) is 0 Å². The van der Waals surface area contributed by atoms with E-state index in [-0.39, 0.29) is 5.91 Å². The molecule has 0 aromatic rings. The summed E-state index contributed by atoms with van der Waals surface area (Å²) in [4.78, 5) is 27.0. The largest absolute Gasteiger partial charge is 0.480 e. The van der Waals surface area contributed by atoms with Gasteiger partial charge in [0.15, 0.2) is 0 Å². The van der Waals surface area contributed by atoms with E-state index in [1.165, 1.54) is 17.7 Å². The van der Waals surface area contributed by atoms with Gasteiger partial charge in [-0.2, -0.15) is 0 Å². The zero-order valence-electron chi connectivity index (χ0n) is 11.6. The van der Waals surface area contributed by atoms with E-state index in [2.05, 4.69) is 4.90 Å². The van der Waals surface area contributed by atoms with Gasteiger partial charge in [0.1, 0.15) is 5.54 Å². The molecule has 1 heterocycles. The van der Waals surface area contributed by atoms with E-state index < -0.39 is 11.5 Å². The number of hydrogen-bond donors (Lipinski definition) is 1. The average molecular weight is 256 g/mol. The zero-order valence-corrected chi connectivity index (χ0v) is 11.6. The summed E-state index contributed by atoms with van der Waals surface area (Å²) in [6.45, 7) is 8.25. The Morgan fingerprint density at radius 2 is 1.83 bits per heavy atom. The van der Waals surface area contributed by atoms with E-state index in [9.17, 15) is 9.59 Å². The van der Waals surface area contributed by atoms with Crippen molar-refractivity contribution in [2.24, 2.45) is 0 Å². The fourth-order valence-corrected chi connectivity index (χ4v) is 2.39. The molecule has 1 fully saturated rings. The van der Waals surface area contributed by atoms with Crippen LogP contribution in [0.3, 0.4) is 0 Å². The summed E-state index contributed by atoms with van der Waals surface area (Å²) < 4.78 is 0. The first-order valence-electron chi connectivity index (χ1n) is 6.65. The molecule has 1 aliphatic heterocycles. The number of amides is 1. The van der Waals surface area contributed by atoms with E-state index >= 15 is 0 Å². The second kappa shape index (κ2) is 6.18. The van der Waals surface area contributed by atoms with Crippen molar-refractivity contribution in [3.8, 4) is 0 Å². The van der Waals surface area contributed by atoms with Crippen LogP contribution in [0.1, 0.15) is 40.0 Å². The Balaban J connectivity index is 2.53. The molecule has 104 valence electrons. The van der Waals surface area contributed by atoms with Crippen LogP contribution in [0, 0.1) is 0 Å². The molecule has 1 saturated heterocycles. The van der Waals surface area contributed by atoms with E-state index in [0.29, 0.717) is 13.0 Å². The van der Waals surface area contributed by atoms with E-state index in [0.717, 1.165) is 19.6 Å². The minimum Gasteiger partial charge on any atom is -0.480 e. The van der Waals surface area contributed by atoms with Crippen molar-refractivity contribution in [2.75, 3.05) is 26.2 Å². The Morgan fingerprint density at radius 1 is 1.28 bits per heavy atom. The van der Waals surface area contributed by atoms with Crippen LogP contribution in [0.25, 0.3) is 0 Å². The summed E-state index contributed by atoms with van der Waals surface area (Å²) in [6, 6.07) is 0. The quantitative estimate of drug-likeness (QED) is 0.775. The Bertz CT molecular complexity index is 309. The number of likely N-dealkylation sites (N-methyl/N-ethyl adjacent to an activating group) is 1. The van der Waals surface area contributed by atoms with Crippen LogP contribution in [-0.4, -0.2) is 58.5 Å². The molecule has 0 aliphatic carbocycles. The molecule has 1 aliphatic rings. The lowest BCUT2D eigenvalue weighted by atomic mass is 10.0. The zero-order chi connectivity index (χ0) is 13.8. The second-order valence-electron chi connectivity index (χ2n) is 5.30. The highest BCUT2D eigenvalue weighted by atomic mass is 16.4. The highest BCUT2D eigenvalue weighted by molar-refractivity contribution is 5.86. The van der Waals surface area contributed by atoms with Gasteiger partial charge in [-0.05, 0) is 46.7 Å². The highest BCUT2D eigenvalue weighted by Crippen LogP contribution is 2.16. The van der Waals surface area contributed by atoms with Crippen molar-refractivity contribution >= 4 is 11.9 Å². The Labute approximate surface area is 109 Å². The summed E-state index contributed by atoms with van der Waals surface area (Å²) >= 11 is 0. The van der Waals surface area contributed by atoms with Gasteiger partial charge < -0.3 is 14.9 Å². The summed E-state index contributed by atoms with van der Waals surface area (Å²) in [5, 5.41) is 9.17. The molecule has 0 radical (unpaired) electrons. The molecule has 0 bridgehead atoms. The SMILES string of the molecule is CCN(C(=O)CCN1CCCC1)C(C)(C)C(=O)O. The van der Waals surface area contributed by atoms with Gasteiger partial charge in [0.25, 0.3) is 0 Å². The topological polar surface area (TPSA) is 60.9 Å². The van der Waals surface area contributed by atoms with E-state index in [4.69, 9.17) is 5.11 Å². The summed E-state index contributed by atoms with van der Waals surface area (Å²) in [6.07, 6.45) is 2.81. The van der Waals surface area contributed by atoms with Gasteiger partial charge in [-0.15, -0.1) is 0 Å². The molecule has 5 nitrogen and oxygen atoms in total. The molecule has 1 rings (SSSR count). The maximum Gasteiger partial charge on any atom is 0.329 e. The van der Waals surface area contributed by atoms with Crippen molar-refractivity contribution in [2.45, 2.75) is 45.6 Å². The van der Waals surface area contributed by atoms with Crippen molar-refractivity contribution in [3.05, 3.63) is 0 Å². The maximum atomic E-state index is 12.1. The van der Waals surface area contributed by atoms with Crippen LogP contribution in [0.15, 0.2) is 0 Å². The first-order valence-corrected chi connectivity index (χ1v) is 6.65. The number of carboxylic acids is 1. The third kappa shape index (κ3) is 3.45. The fourth-order valence-electron chi connectivity index (χ4n) is 2.39. The van der Waals surface area contributed by atoms with Crippen molar-refractivity contribution in [3.63, 3.8) is 0 Å². The molecule has 1 N–H and O–H groups in total. The molecule has 5 heteroatoms. The predicted molar refractivity (Wildman–Crippen MR) is 69.4 cm³/mol. The average Bonchev–Trinajstić information content (AvgIpc) is 2.79. The van der Waals surface area contributed by atoms with Gasteiger partial charge in [0.05, 0.1) is 0 Å². The van der Waals surface area contributed by atoms with Gasteiger partial charge in [0.2, 0.25) is 5.91 Å². The number of hydrogen-bond acceptors (Lipinski definition) is 3. The van der Waals surface area contributed by atoms with Crippen molar-refractivity contribution in [1.29, 1.82) is 0 Å². The number of rotatable bonds is 6. The molecule has 0 aromatic carbocycles. The number of likely N-dealkylation sites (tertiary alicyclic amines) is 1. The van der Waals surface area contributed by atoms with E-state index in [1.807, 2.05) is 6.92 Å². The minimum atomic E-state index is -1.13. The lowest BCUT2D eigenvalue weighted by Gasteiger charge is -2.34. The summed E-state index contributed by atoms with van der Waals surface area (Å²) in [5.74, 6) is -1.03. The Hall–Kier alpha value is -1.10. The highest BCUT2D eigenvalue weighted by Gasteiger charge is 2.36. The summed E-state index contributed by atoms with van der Waals surface area (Å²) in [7, 11) is 0.